The highest BCUT2D eigenvalue weighted by Crippen LogP contribution is 2.45. The smallest absolute Gasteiger partial charge is 0.462 e. The minimum absolute atomic E-state index is 0.106. The van der Waals surface area contributed by atoms with E-state index in [1.165, 1.54) is 173 Å². The summed E-state index contributed by atoms with van der Waals surface area (Å²) >= 11 is 0. The Bertz CT molecular complexity index is 1800. The Morgan fingerprint density at radius 2 is 0.554 bits per heavy atom. The zero-order valence-corrected chi connectivity index (χ0v) is 61.8. The first-order valence-electron chi connectivity index (χ1n) is 37.9. The quantitative estimate of drug-likeness (QED) is 0.0222. The molecule has 19 heteroatoms. The van der Waals surface area contributed by atoms with Crippen LogP contribution >= 0.6 is 15.6 Å². The molecule has 0 saturated carbocycles. The van der Waals surface area contributed by atoms with Crippen LogP contribution in [0.3, 0.4) is 0 Å². The fraction of sp³-hybridized carbons (Fsp3) is 0.945. The Labute approximate surface area is 562 Å². The number of hydrogen-bond acceptors (Lipinski definition) is 15. The van der Waals surface area contributed by atoms with Crippen molar-refractivity contribution in [3.8, 4) is 0 Å². The number of unbranched alkanes of at least 4 members (excludes halogenated alkanes) is 38. The molecule has 0 rings (SSSR count). The lowest BCUT2D eigenvalue weighted by atomic mass is 9.99. The average Bonchev–Trinajstić information content (AvgIpc) is 1.41. The van der Waals surface area contributed by atoms with Crippen molar-refractivity contribution in [3.63, 3.8) is 0 Å². The van der Waals surface area contributed by atoms with E-state index < -0.39 is 97.5 Å². The molecule has 0 spiro atoms. The third-order valence-corrected chi connectivity index (χ3v) is 19.1. The number of aliphatic hydroxyl groups is 1. The van der Waals surface area contributed by atoms with Gasteiger partial charge in [-0.25, -0.2) is 9.13 Å². The molecule has 0 aliphatic carbocycles. The first-order valence-corrected chi connectivity index (χ1v) is 40.9. The summed E-state index contributed by atoms with van der Waals surface area (Å²) in [5.74, 6) is 0.237. The van der Waals surface area contributed by atoms with E-state index >= 15 is 0 Å². The number of aliphatic hydroxyl groups excluding tert-OH is 1. The maximum Gasteiger partial charge on any atom is 0.472 e. The molecule has 3 unspecified atom stereocenters. The van der Waals surface area contributed by atoms with Crippen LogP contribution in [0, 0.1) is 17.8 Å². The van der Waals surface area contributed by atoms with Crippen LogP contribution in [0.1, 0.15) is 370 Å². The van der Waals surface area contributed by atoms with Crippen molar-refractivity contribution in [2.75, 3.05) is 39.6 Å². The monoisotopic (exact) mass is 1350 g/mol. The van der Waals surface area contributed by atoms with Crippen molar-refractivity contribution in [2.45, 2.75) is 388 Å². The van der Waals surface area contributed by atoms with Gasteiger partial charge in [0.15, 0.2) is 12.2 Å². The summed E-state index contributed by atoms with van der Waals surface area (Å²) in [7, 11) is -9.90. The van der Waals surface area contributed by atoms with Gasteiger partial charge < -0.3 is 33.8 Å². The number of hydrogen-bond donors (Lipinski definition) is 3. The number of esters is 4. The summed E-state index contributed by atoms with van der Waals surface area (Å²) in [5.41, 5.74) is 0. The van der Waals surface area contributed by atoms with Crippen LogP contribution in [0.25, 0.3) is 0 Å². The first kappa shape index (κ1) is 90.1. The zero-order valence-electron chi connectivity index (χ0n) is 60.0. The minimum atomic E-state index is -4.95. The first-order chi connectivity index (χ1) is 44.3. The van der Waals surface area contributed by atoms with E-state index in [4.69, 9.17) is 37.0 Å². The van der Waals surface area contributed by atoms with Crippen molar-refractivity contribution in [3.05, 3.63) is 0 Å². The molecule has 0 aromatic heterocycles. The van der Waals surface area contributed by atoms with Crippen LogP contribution in [-0.4, -0.2) is 96.7 Å². The van der Waals surface area contributed by atoms with Gasteiger partial charge in [0.25, 0.3) is 0 Å². The van der Waals surface area contributed by atoms with Crippen molar-refractivity contribution < 1.29 is 80.2 Å². The van der Waals surface area contributed by atoms with Crippen LogP contribution < -0.4 is 0 Å². The van der Waals surface area contributed by atoms with Crippen LogP contribution in [0.5, 0.6) is 0 Å². The number of carbonyl (C=O) groups excluding carboxylic acids is 4. The van der Waals surface area contributed by atoms with Crippen molar-refractivity contribution in [2.24, 2.45) is 17.8 Å². The highest BCUT2D eigenvalue weighted by molar-refractivity contribution is 7.47. The Balaban J connectivity index is 5.23. The van der Waals surface area contributed by atoms with Crippen molar-refractivity contribution >= 4 is 39.5 Å². The van der Waals surface area contributed by atoms with E-state index in [-0.39, 0.29) is 25.7 Å². The van der Waals surface area contributed by atoms with Gasteiger partial charge in [0.2, 0.25) is 0 Å². The van der Waals surface area contributed by atoms with Gasteiger partial charge in [-0.05, 0) is 43.4 Å². The molecule has 0 bridgehead atoms. The molecular formula is C73H142O17P2. The molecule has 6 atom stereocenters. The van der Waals surface area contributed by atoms with E-state index in [0.717, 1.165) is 114 Å². The van der Waals surface area contributed by atoms with E-state index in [1.807, 2.05) is 0 Å². The number of ether oxygens (including phenoxy) is 4. The Kier molecular flexibility index (Phi) is 62.4. The maximum absolute atomic E-state index is 13.1. The predicted octanol–water partition coefficient (Wildman–Crippen LogP) is 21.0. The summed E-state index contributed by atoms with van der Waals surface area (Å²) in [6, 6.07) is 0. The van der Waals surface area contributed by atoms with Gasteiger partial charge in [-0.15, -0.1) is 0 Å². The highest BCUT2D eigenvalue weighted by atomic mass is 31.2. The molecule has 0 aliphatic rings. The van der Waals surface area contributed by atoms with Gasteiger partial charge in [-0.1, -0.05) is 318 Å². The van der Waals surface area contributed by atoms with Gasteiger partial charge in [0.05, 0.1) is 26.4 Å². The summed E-state index contributed by atoms with van der Waals surface area (Å²) in [6.07, 6.45) is 48.5. The summed E-state index contributed by atoms with van der Waals surface area (Å²) in [5, 5.41) is 10.6. The molecule has 92 heavy (non-hydrogen) atoms. The summed E-state index contributed by atoms with van der Waals surface area (Å²) in [4.78, 5) is 72.6. The number of phosphoric ester groups is 2. The lowest BCUT2D eigenvalue weighted by Gasteiger charge is -2.21. The zero-order chi connectivity index (χ0) is 68.0. The third kappa shape index (κ3) is 65.4. The fourth-order valence-electron chi connectivity index (χ4n) is 11.0. The lowest BCUT2D eigenvalue weighted by Crippen LogP contribution is -2.30. The van der Waals surface area contributed by atoms with Crippen molar-refractivity contribution in [1.82, 2.24) is 0 Å². The summed E-state index contributed by atoms with van der Waals surface area (Å²) < 4.78 is 68.4. The SMILES string of the molecule is CCCCCCCCCCC(=O)OC[C@H](COP(=O)(O)OC[C@H](O)COP(=O)(O)OC[C@@H](COC(=O)CCCCCCCCCCCCCC(C)C)OC(=O)CCCCCCCCCCCCCCCC(C)C)OC(=O)CCCCCCCCCCCCC(C)CC. The van der Waals surface area contributed by atoms with Crippen molar-refractivity contribution in [1.29, 1.82) is 0 Å². The Morgan fingerprint density at radius 1 is 0.315 bits per heavy atom. The molecule has 3 N–H and O–H groups in total. The topological polar surface area (TPSA) is 237 Å². The normalized spacial score (nSPS) is 14.4. The second kappa shape index (κ2) is 63.8. The maximum atomic E-state index is 13.1. The molecule has 546 valence electrons. The highest BCUT2D eigenvalue weighted by Gasteiger charge is 2.30. The van der Waals surface area contributed by atoms with Crippen LogP contribution in [0.4, 0.5) is 0 Å². The van der Waals surface area contributed by atoms with Gasteiger partial charge in [0.1, 0.15) is 19.3 Å². The van der Waals surface area contributed by atoms with E-state index in [0.29, 0.717) is 25.7 Å². The average molecular weight is 1350 g/mol. The Morgan fingerprint density at radius 3 is 0.826 bits per heavy atom. The second-order valence-electron chi connectivity index (χ2n) is 27.5. The minimum Gasteiger partial charge on any atom is -0.462 e. The number of carbonyl (C=O) groups is 4. The number of phosphoric acid groups is 2. The molecule has 0 aromatic carbocycles. The molecule has 0 amide bonds. The summed E-state index contributed by atoms with van der Waals surface area (Å²) in [6.45, 7) is 11.9. The molecule has 17 nitrogen and oxygen atoms in total. The van der Waals surface area contributed by atoms with E-state index in [9.17, 15) is 43.2 Å². The Hall–Kier alpha value is -1.94. The van der Waals surface area contributed by atoms with Gasteiger partial charge >= 0.3 is 39.5 Å². The standard InChI is InChI=1S/C73H142O17P2/c1-8-10-11-12-13-33-40-47-54-70(75)83-60-68(89-73(78)57-50-43-36-29-23-22-26-32-39-46-53-66(7)9-2)62-87-91(79,80)85-58-67(74)59-86-92(81,82)88-63-69(61-84-71(76)55-48-41-34-27-21-17-19-25-31-38-45-52-65(5)6)90-72(77)56-49-42-35-28-20-16-14-15-18-24-30-37-44-51-64(3)4/h64-69,74H,8-63H2,1-7H3,(H,79,80)(H,81,82)/t66?,67-,68+,69+/m0/s1. The fourth-order valence-corrected chi connectivity index (χ4v) is 12.6. The van der Waals surface area contributed by atoms with Crippen LogP contribution in [-0.2, 0) is 65.4 Å². The van der Waals surface area contributed by atoms with Crippen LogP contribution in [0.2, 0.25) is 0 Å². The van der Waals surface area contributed by atoms with Gasteiger partial charge in [0, 0.05) is 25.7 Å². The molecule has 0 aliphatic heterocycles. The second-order valence-corrected chi connectivity index (χ2v) is 30.4. The van der Waals surface area contributed by atoms with Gasteiger partial charge in [-0.2, -0.15) is 0 Å². The third-order valence-electron chi connectivity index (χ3n) is 17.2. The molecule has 0 radical (unpaired) electrons. The lowest BCUT2D eigenvalue weighted by molar-refractivity contribution is -0.161. The number of rotatable bonds is 71. The molecule has 0 heterocycles. The van der Waals surface area contributed by atoms with E-state index in [1.54, 1.807) is 0 Å². The van der Waals surface area contributed by atoms with Crippen LogP contribution in [0.15, 0.2) is 0 Å². The largest absolute Gasteiger partial charge is 0.472 e. The van der Waals surface area contributed by atoms with E-state index in [2.05, 4.69) is 48.5 Å². The molecule has 0 fully saturated rings. The molecular weight excluding hydrogens is 1210 g/mol. The molecule has 0 saturated heterocycles. The molecule has 0 aromatic rings. The van der Waals surface area contributed by atoms with Gasteiger partial charge in [-0.3, -0.25) is 37.3 Å². The predicted molar refractivity (Wildman–Crippen MR) is 372 cm³/mol.